The van der Waals surface area contributed by atoms with Crippen molar-refractivity contribution in [1.29, 1.82) is 0 Å². The maximum Gasteiger partial charge on any atom is 0.253 e. The van der Waals surface area contributed by atoms with Gasteiger partial charge in [-0.3, -0.25) is 9.78 Å². The van der Waals surface area contributed by atoms with Crippen LogP contribution in [0.25, 0.3) is 0 Å². The Morgan fingerprint density at radius 3 is 2.68 bits per heavy atom. The lowest BCUT2D eigenvalue weighted by molar-refractivity contribution is 0.0932. The molecule has 0 aliphatic carbocycles. The molecule has 3 heterocycles. The van der Waals surface area contributed by atoms with Crippen molar-refractivity contribution in [3.63, 3.8) is 0 Å². The van der Waals surface area contributed by atoms with Crippen LogP contribution in [0.15, 0.2) is 30.6 Å². The molecule has 1 N–H and O–H groups in total. The molecule has 0 radical (unpaired) electrons. The molecule has 0 bridgehead atoms. The molecule has 0 aromatic carbocycles. The first-order chi connectivity index (χ1) is 12.2. The molecule has 1 saturated heterocycles. The number of rotatable bonds is 5. The number of hydrogen-bond donors (Lipinski definition) is 1. The Morgan fingerprint density at radius 1 is 1.28 bits per heavy atom. The molecule has 1 fully saturated rings. The maximum absolute atomic E-state index is 12.3. The summed E-state index contributed by atoms with van der Waals surface area (Å²) in [6.45, 7) is 1.44. The van der Waals surface area contributed by atoms with E-state index in [0.717, 1.165) is 19.4 Å². The van der Waals surface area contributed by atoms with Crippen LogP contribution >= 0.6 is 0 Å². The SMILES string of the molecule is COc1cc(OC)nc(N2CCCC(NC(=O)c3cccnc3)C2)n1. The Kier molecular flexibility index (Phi) is 5.27. The fourth-order valence-corrected chi connectivity index (χ4v) is 2.79. The van der Waals surface area contributed by atoms with Crippen LogP contribution in [-0.2, 0) is 0 Å². The highest BCUT2D eigenvalue weighted by atomic mass is 16.5. The van der Waals surface area contributed by atoms with Gasteiger partial charge in [0.2, 0.25) is 17.7 Å². The van der Waals surface area contributed by atoms with Crippen LogP contribution in [0.5, 0.6) is 11.8 Å². The summed E-state index contributed by atoms with van der Waals surface area (Å²) in [5, 5.41) is 3.05. The zero-order chi connectivity index (χ0) is 17.6. The molecule has 1 atom stereocenters. The summed E-state index contributed by atoms with van der Waals surface area (Å²) in [4.78, 5) is 27.1. The van der Waals surface area contributed by atoms with Gasteiger partial charge in [-0.1, -0.05) is 0 Å². The normalized spacial score (nSPS) is 17.0. The minimum absolute atomic E-state index is 0.0160. The lowest BCUT2D eigenvalue weighted by Gasteiger charge is -2.33. The number of ether oxygens (including phenoxy) is 2. The zero-order valence-electron chi connectivity index (χ0n) is 14.3. The van der Waals surface area contributed by atoms with Crippen LogP contribution in [0.4, 0.5) is 5.95 Å². The number of hydrogen-bond acceptors (Lipinski definition) is 7. The second kappa shape index (κ2) is 7.78. The van der Waals surface area contributed by atoms with E-state index in [1.165, 1.54) is 0 Å². The third-order valence-electron chi connectivity index (χ3n) is 4.05. The Bertz CT molecular complexity index is 703. The Hall–Kier alpha value is -2.90. The Balaban J connectivity index is 1.70. The summed E-state index contributed by atoms with van der Waals surface area (Å²) in [5.74, 6) is 1.31. The predicted octanol–water partition coefficient (Wildman–Crippen LogP) is 1.29. The second-order valence-corrected chi connectivity index (χ2v) is 5.75. The standard InChI is InChI=1S/C17H21N5O3/c1-24-14-9-15(25-2)21-17(20-14)22-8-4-6-13(11-22)19-16(23)12-5-3-7-18-10-12/h3,5,7,9-10,13H,4,6,8,11H2,1-2H3,(H,19,23). The van der Waals surface area contributed by atoms with Gasteiger partial charge in [-0.05, 0) is 25.0 Å². The lowest BCUT2D eigenvalue weighted by Crippen LogP contribution is -2.48. The highest BCUT2D eigenvalue weighted by Crippen LogP contribution is 2.23. The first kappa shape index (κ1) is 16.9. The monoisotopic (exact) mass is 343 g/mol. The zero-order valence-corrected chi connectivity index (χ0v) is 14.3. The van der Waals surface area contributed by atoms with E-state index >= 15 is 0 Å². The number of pyridine rings is 1. The molecule has 132 valence electrons. The molecule has 8 heteroatoms. The van der Waals surface area contributed by atoms with Crippen molar-refractivity contribution in [2.75, 3.05) is 32.2 Å². The second-order valence-electron chi connectivity index (χ2n) is 5.75. The molecule has 1 amide bonds. The Morgan fingerprint density at radius 2 is 2.04 bits per heavy atom. The summed E-state index contributed by atoms with van der Waals surface area (Å²) in [6, 6.07) is 5.15. The highest BCUT2D eigenvalue weighted by molar-refractivity contribution is 5.94. The van der Waals surface area contributed by atoms with E-state index in [9.17, 15) is 4.79 Å². The van der Waals surface area contributed by atoms with Gasteiger partial charge in [0.1, 0.15) is 0 Å². The highest BCUT2D eigenvalue weighted by Gasteiger charge is 2.24. The van der Waals surface area contributed by atoms with Crippen molar-refractivity contribution in [3.8, 4) is 11.8 Å². The molecule has 1 aliphatic rings. The van der Waals surface area contributed by atoms with Gasteiger partial charge in [-0.25, -0.2) is 0 Å². The van der Waals surface area contributed by atoms with Gasteiger partial charge in [0.25, 0.3) is 5.91 Å². The van der Waals surface area contributed by atoms with Crippen LogP contribution in [0.2, 0.25) is 0 Å². The average molecular weight is 343 g/mol. The number of methoxy groups -OCH3 is 2. The van der Waals surface area contributed by atoms with Gasteiger partial charge in [-0.2, -0.15) is 9.97 Å². The fourth-order valence-electron chi connectivity index (χ4n) is 2.79. The number of carbonyl (C=O) groups is 1. The molecule has 1 aliphatic heterocycles. The quantitative estimate of drug-likeness (QED) is 0.875. The van der Waals surface area contributed by atoms with E-state index in [1.807, 2.05) is 4.90 Å². The number of anilines is 1. The largest absolute Gasteiger partial charge is 0.481 e. The van der Waals surface area contributed by atoms with Crippen LogP contribution in [-0.4, -0.2) is 54.2 Å². The molecule has 0 saturated carbocycles. The van der Waals surface area contributed by atoms with Crippen molar-refractivity contribution >= 4 is 11.9 Å². The van der Waals surface area contributed by atoms with E-state index in [-0.39, 0.29) is 11.9 Å². The number of nitrogens with one attached hydrogen (secondary N) is 1. The van der Waals surface area contributed by atoms with Crippen LogP contribution in [0.1, 0.15) is 23.2 Å². The lowest BCUT2D eigenvalue weighted by atomic mass is 10.1. The van der Waals surface area contributed by atoms with Gasteiger partial charge in [0, 0.05) is 31.5 Å². The van der Waals surface area contributed by atoms with Crippen molar-refractivity contribution in [1.82, 2.24) is 20.3 Å². The van der Waals surface area contributed by atoms with Gasteiger partial charge >= 0.3 is 0 Å². The number of carbonyl (C=O) groups excluding carboxylic acids is 1. The minimum atomic E-state index is -0.121. The van der Waals surface area contributed by atoms with E-state index in [2.05, 4.69) is 20.3 Å². The average Bonchev–Trinajstić information content (AvgIpc) is 2.68. The first-order valence-corrected chi connectivity index (χ1v) is 8.12. The molecule has 2 aromatic rings. The van der Waals surface area contributed by atoms with Crippen molar-refractivity contribution in [2.45, 2.75) is 18.9 Å². The van der Waals surface area contributed by atoms with Gasteiger partial charge in [0.05, 0.1) is 25.8 Å². The number of nitrogens with zero attached hydrogens (tertiary/aromatic N) is 4. The molecule has 0 spiro atoms. The topological polar surface area (TPSA) is 89.5 Å². The van der Waals surface area contributed by atoms with E-state index in [0.29, 0.717) is 29.8 Å². The summed E-state index contributed by atoms with van der Waals surface area (Å²) in [5.41, 5.74) is 0.555. The Labute approximate surface area is 146 Å². The van der Waals surface area contributed by atoms with Crippen LogP contribution in [0.3, 0.4) is 0 Å². The third-order valence-corrected chi connectivity index (χ3v) is 4.05. The van der Waals surface area contributed by atoms with E-state index in [4.69, 9.17) is 9.47 Å². The summed E-state index contributed by atoms with van der Waals surface area (Å²) < 4.78 is 10.4. The van der Waals surface area contributed by atoms with Gasteiger partial charge < -0.3 is 19.7 Å². The molecule has 1 unspecified atom stereocenters. The van der Waals surface area contributed by atoms with Crippen molar-refractivity contribution < 1.29 is 14.3 Å². The van der Waals surface area contributed by atoms with Crippen LogP contribution in [0, 0.1) is 0 Å². The number of aromatic nitrogens is 3. The summed E-state index contributed by atoms with van der Waals surface area (Å²) >= 11 is 0. The van der Waals surface area contributed by atoms with Crippen molar-refractivity contribution in [2.24, 2.45) is 0 Å². The summed E-state index contributed by atoms with van der Waals surface area (Å²) in [7, 11) is 3.11. The van der Waals surface area contributed by atoms with Gasteiger partial charge in [-0.15, -0.1) is 0 Å². The van der Waals surface area contributed by atoms with E-state index in [1.54, 1.807) is 44.8 Å². The number of amides is 1. The molecule has 25 heavy (non-hydrogen) atoms. The van der Waals surface area contributed by atoms with Crippen LogP contribution < -0.4 is 19.7 Å². The number of piperidine rings is 1. The van der Waals surface area contributed by atoms with E-state index < -0.39 is 0 Å². The predicted molar refractivity (Wildman–Crippen MR) is 92.1 cm³/mol. The molecular weight excluding hydrogens is 322 g/mol. The fraction of sp³-hybridized carbons (Fsp3) is 0.412. The molecule has 3 rings (SSSR count). The third kappa shape index (κ3) is 4.14. The smallest absolute Gasteiger partial charge is 0.253 e. The van der Waals surface area contributed by atoms with Gasteiger partial charge in [0.15, 0.2) is 0 Å². The molecule has 2 aromatic heterocycles. The first-order valence-electron chi connectivity index (χ1n) is 8.12. The minimum Gasteiger partial charge on any atom is -0.481 e. The van der Waals surface area contributed by atoms with Crippen molar-refractivity contribution in [3.05, 3.63) is 36.2 Å². The maximum atomic E-state index is 12.3. The summed E-state index contributed by atoms with van der Waals surface area (Å²) in [6.07, 6.45) is 5.04. The molecule has 8 nitrogen and oxygen atoms in total. The molecular formula is C17H21N5O3.